The SMILES string of the molecule is N#Cc1cnc(F)c(C(=O)NCCc2ccc(F)c(F)c2)n1. The third kappa shape index (κ3) is 3.58. The van der Waals surface area contributed by atoms with Crippen molar-refractivity contribution >= 4 is 5.91 Å². The molecule has 0 spiro atoms. The van der Waals surface area contributed by atoms with E-state index in [0.717, 1.165) is 18.3 Å². The van der Waals surface area contributed by atoms with Crippen LogP contribution in [0.25, 0.3) is 0 Å². The van der Waals surface area contributed by atoms with Crippen LogP contribution in [0.1, 0.15) is 21.7 Å². The number of aromatic nitrogens is 2. The first-order valence-corrected chi connectivity index (χ1v) is 6.16. The predicted octanol–water partition coefficient (Wildman–Crippen LogP) is 1.74. The van der Waals surface area contributed by atoms with Crippen molar-refractivity contribution < 1.29 is 18.0 Å². The van der Waals surface area contributed by atoms with Crippen LogP contribution in [-0.2, 0) is 6.42 Å². The molecular formula is C14H9F3N4O. The molecule has 0 aliphatic rings. The Labute approximate surface area is 123 Å². The lowest BCUT2D eigenvalue weighted by atomic mass is 10.1. The molecule has 0 bridgehead atoms. The van der Waals surface area contributed by atoms with Gasteiger partial charge in [-0.15, -0.1) is 0 Å². The molecular weight excluding hydrogens is 297 g/mol. The lowest BCUT2D eigenvalue weighted by molar-refractivity contribution is 0.0943. The second-order valence-electron chi connectivity index (χ2n) is 4.26. The molecule has 1 N–H and O–H groups in total. The molecule has 112 valence electrons. The number of benzene rings is 1. The zero-order chi connectivity index (χ0) is 16.1. The van der Waals surface area contributed by atoms with E-state index < -0.39 is 29.2 Å². The summed E-state index contributed by atoms with van der Waals surface area (Å²) < 4.78 is 39.1. The largest absolute Gasteiger partial charge is 0.350 e. The molecule has 5 nitrogen and oxygen atoms in total. The highest BCUT2D eigenvalue weighted by atomic mass is 19.2. The second-order valence-corrected chi connectivity index (χ2v) is 4.26. The van der Waals surface area contributed by atoms with Crippen LogP contribution >= 0.6 is 0 Å². The first kappa shape index (κ1) is 15.4. The van der Waals surface area contributed by atoms with E-state index in [9.17, 15) is 18.0 Å². The summed E-state index contributed by atoms with van der Waals surface area (Å²) in [4.78, 5) is 18.5. The molecule has 0 radical (unpaired) electrons. The smallest absolute Gasteiger partial charge is 0.274 e. The maximum absolute atomic E-state index is 13.4. The summed E-state index contributed by atoms with van der Waals surface area (Å²) in [5.41, 5.74) is -0.312. The van der Waals surface area contributed by atoms with E-state index >= 15 is 0 Å². The van der Waals surface area contributed by atoms with Crippen LogP contribution in [-0.4, -0.2) is 22.4 Å². The minimum Gasteiger partial charge on any atom is -0.350 e. The Hall–Kier alpha value is -2.95. The number of carbonyl (C=O) groups excluding carboxylic acids is 1. The van der Waals surface area contributed by atoms with Gasteiger partial charge in [0, 0.05) is 6.54 Å². The molecule has 1 heterocycles. The summed E-state index contributed by atoms with van der Waals surface area (Å²) in [5, 5.41) is 11.0. The monoisotopic (exact) mass is 306 g/mol. The molecule has 2 rings (SSSR count). The van der Waals surface area contributed by atoms with Crippen LogP contribution in [0, 0.1) is 28.9 Å². The fourth-order valence-corrected chi connectivity index (χ4v) is 1.67. The molecule has 1 aromatic carbocycles. The van der Waals surface area contributed by atoms with Crippen molar-refractivity contribution in [1.82, 2.24) is 15.3 Å². The molecule has 2 aromatic rings. The van der Waals surface area contributed by atoms with Gasteiger partial charge in [-0.2, -0.15) is 9.65 Å². The number of nitrogens with zero attached hydrogens (tertiary/aromatic N) is 3. The van der Waals surface area contributed by atoms with Gasteiger partial charge in [0.15, 0.2) is 23.0 Å². The number of nitrogens with one attached hydrogen (secondary N) is 1. The van der Waals surface area contributed by atoms with E-state index in [2.05, 4.69) is 15.3 Å². The number of hydrogen-bond donors (Lipinski definition) is 1. The van der Waals surface area contributed by atoms with E-state index in [1.54, 1.807) is 6.07 Å². The third-order valence-electron chi connectivity index (χ3n) is 2.74. The number of amides is 1. The summed E-state index contributed by atoms with van der Waals surface area (Å²) >= 11 is 0. The first-order chi connectivity index (χ1) is 10.5. The number of hydrogen-bond acceptors (Lipinski definition) is 4. The van der Waals surface area contributed by atoms with Gasteiger partial charge in [-0.3, -0.25) is 4.79 Å². The highest BCUT2D eigenvalue weighted by molar-refractivity contribution is 5.92. The fourth-order valence-electron chi connectivity index (χ4n) is 1.67. The van der Waals surface area contributed by atoms with Crippen molar-refractivity contribution in [2.75, 3.05) is 6.54 Å². The number of rotatable bonds is 4. The van der Waals surface area contributed by atoms with Crippen molar-refractivity contribution in [3.63, 3.8) is 0 Å². The molecule has 22 heavy (non-hydrogen) atoms. The first-order valence-electron chi connectivity index (χ1n) is 6.16. The lowest BCUT2D eigenvalue weighted by Gasteiger charge is -2.06. The normalized spacial score (nSPS) is 10.1. The minimum atomic E-state index is -1.09. The van der Waals surface area contributed by atoms with E-state index in [1.807, 2.05) is 0 Å². The topological polar surface area (TPSA) is 78.7 Å². The average molecular weight is 306 g/mol. The lowest BCUT2D eigenvalue weighted by Crippen LogP contribution is -2.28. The van der Waals surface area contributed by atoms with Crippen molar-refractivity contribution in [2.24, 2.45) is 0 Å². The van der Waals surface area contributed by atoms with Gasteiger partial charge in [-0.05, 0) is 24.1 Å². The van der Waals surface area contributed by atoms with Crippen LogP contribution in [0.5, 0.6) is 0 Å². The molecule has 8 heteroatoms. The highest BCUT2D eigenvalue weighted by Crippen LogP contribution is 2.09. The van der Waals surface area contributed by atoms with E-state index in [0.29, 0.717) is 5.56 Å². The van der Waals surface area contributed by atoms with Gasteiger partial charge in [-0.25, -0.2) is 18.7 Å². The molecule has 0 unspecified atom stereocenters. The summed E-state index contributed by atoms with van der Waals surface area (Å²) in [7, 11) is 0. The standard InChI is InChI=1S/C14H9F3N4O/c15-10-2-1-8(5-11(10)16)3-4-19-14(22)12-13(17)20-7-9(6-18)21-12/h1-2,5,7H,3-4H2,(H,19,22). The van der Waals surface area contributed by atoms with Gasteiger partial charge in [0.1, 0.15) is 6.07 Å². The van der Waals surface area contributed by atoms with Gasteiger partial charge >= 0.3 is 0 Å². The minimum absolute atomic E-state index is 0.0573. The van der Waals surface area contributed by atoms with Gasteiger partial charge < -0.3 is 5.32 Å². The van der Waals surface area contributed by atoms with E-state index in [4.69, 9.17) is 5.26 Å². The summed E-state index contributed by atoms with van der Waals surface area (Å²) in [6.45, 7) is 0.0573. The number of carbonyl (C=O) groups is 1. The van der Waals surface area contributed by atoms with Gasteiger partial charge in [0.2, 0.25) is 5.95 Å². The maximum atomic E-state index is 13.4. The summed E-state index contributed by atoms with van der Waals surface area (Å²) in [6.07, 6.45) is 1.13. The van der Waals surface area contributed by atoms with Crippen LogP contribution in [0.3, 0.4) is 0 Å². The second kappa shape index (κ2) is 6.67. The number of nitriles is 1. The Bertz CT molecular complexity index is 758. The van der Waals surface area contributed by atoms with Crippen molar-refractivity contribution in [3.05, 3.63) is 58.9 Å². The molecule has 0 saturated carbocycles. The van der Waals surface area contributed by atoms with Gasteiger partial charge in [0.05, 0.1) is 6.20 Å². The van der Waals surface area contributed by atoms with E-state index in [-0.39, 0.29) is 18.7 Å². The Balaban J connectivity index is 1.98. The summed E-state index contributed by atoms with van der Waals surface area (Å²) in [6, 6.07) is 5.01. The highest BCUT2D eigenvalue weighted by Gasteiger charge is 2.15. The van der Waals surface area contributed by atoms with Crippen LogP contribution in [0.15, 0.2) is 24.4 Å². The third-order valence-corrected chi connectivity index (χ3v) is 2.74. The molecule has 0 atom stereocenters. The van der Waals surface area contributed by atoms with E-state index in [1.165, 1.54) is 6.07 Å². The zero-order valence-corrected chi connectivity index (χ0v) is 11.1. The van der Waals surface area contributed by atoms with Crippen LogP contribution in [0.4, 0.5) is 13.2 Å². The Morgan fingerprint density at radius 1 is 1.27 bits per heavy atom. The zero-order valence-electron chi connectivity index (χ0n) is 11.1. The van der Waals surface area contributed by atoms with Crippen molar-refractivity contribution in [1.29, 1.82) is 5.26 Å². The van der Waals surface area contributed by atoms with Gasteiger partial charge in [0.25, 0.3) is 5.91 Å². The van der Waals surface area contributed by atoms with Gasteiger partial charge in [-0.1, -0.05) is 6.07 Å². The molecule has 0 fully saturated rings. The van der Waals surface area contributed by atoms with Crippen molar-refractivity contribution in [3.8, 4) is 6.07 Å². The molecule has 0 saturated heterocycles. The quantitative estimate of drug-likeness (QED) is 0.933. The molecule has 0 aliphatic carbocycles. The number of halogens is 3. The summed E-state index contributed by atoms with van der Waals surface area (Å²) in [5.74, 6) is -3.88. The Morgan fingerprint density at radius 2 is 2.05 bits per heavy atom. The predicted molar refractivity (Wildman–Crippen MR) is 69.1 cm³/mol. The Kier molecular flexibility index (Phi) is 4.68. The fraction of sp³-hybridized carbons (Fsp3) is 0.143. The molecule has 0 aliphatic heterocycles. The molecule has 1 aromatic heterocycles. The van der Waals surface area contributed by atoms with Crippen molar-refractivity contribution in [2.45, 2.75) is 6.42 Å². The maximum Gasteiger partial charge on any atom is 0.274 e. The molecule has 1 amide bonds. The Morgan fingerprint density at radius 3 is 2.73 bits per heavy atom. The van der Waals surface area contributed by atoms with Crippen LogP contribution in [0.2, 0.25) is 0 Å². The average Bonchev–Trinajstić information content (AvgIpc) is 2.51. The van der Waals surface area contributed by atoms with Crippen LogP contribution < -0.4 is 5.32 Å².